The third-order valence-electron chi connectivity index (χ3n) is 4.12. The SMILES string of the molecule is O=C(Nc1ncc(Cl)cc1Cl)c1cc(-c2cccc(Br)c2)nc2ccccc12. The zero-order valence-corrected chi connectivity index (χ0v) is 17.4. The maximum atomic E-state index is 13.0. The maximum absolute atomic E-state index is 13.0. The summed E-state index contributed by atoms with van der Waals surface area (Å²) in [5.41, 5.74) is 2.80. The molecule has 0 aliphatic rings. The zero-order valence-electron chi connectivity index (χ0n) is 14.3. The molecule has 7 heteroatoms. The number of hydrogen-bond donors (Lipinski definition) is 1. The number of aromatic nitrogens is 2. The number of rotatable bonds is 3. The highest BCUT2D eigenvalue weighted by atomic mass is 79.9. The number of fused-ring (bicyclic) bond motifs is 1. The van der Waals surface area contributed by atoms with E-state index in [4.69, 9.17) is 28.2 Å². The molecule has 0 unspecified atom stereocenters. The minimum atomic E-state index is -0.327. The van der Waals surface area contributed by atoms with Crippen LogP contribution in [0.1, 0.15) is 10.4 Å². The molecule has 0 saturated carbocycles. The van der Waals surface area contributed by atoms with Gasteiger partial charge in [0.25, 0.3) is 5.91 Å². The van der Waals surface area contributed by atoms with Crippen LogP contribution in [0.15, 0.2) is 71.3 Å². The van der Waals surface area contributed by atoms with Crippen molar-refractivity contribution < 1.29 is 4.79 Å². The summed E-state index contributed by atoms with van der Waals surface area (Å²) < 4.78 is 0.933. The van der Waals surface area contributed by atoms with E-state index in [-0.39, 0.29) is 16.7 Å². The second-order valence-electron chi connectivity index (χ2n) is 6.02. The Morgan fingerprint density at radius 1 is 1.00 bits per heavy atom. The van der Waals surface area contributed by atoms with Crippen LogP contribution < -0.4 is 5.32 Å². The molecule has 4 nitrogen and oxygen atoms in total. The van der Waals surface area contributed by atoms with E-state index < -0.39 is 0 Å². The smallest absolute Gasteiger partial charge is 0.257 e. The van der Waals surface area contributed by atoms with E-state index >= 15 is 0 Å². The molecule has 2 heterocycles. The molecule has 2 aromatic heterocycles. The molecule has 0 fully saturated rings. The quantitative estimate of drug-likeness (QED) is 0.364. The first kappa shape index (κ1) is 18.9. The average molecular weight is 473 g/mol. The second-order valence-corrected chi connectivity index (χ2v) is 7.78. The second kappa shape index (κ2) is 7.87. The van der Waals surface area contributed by atoms with Gasteiger partial charge in [0.05, 0.1) is 26.8 Å². The fourth-order valence-corrected chi connectivity index (χ4v) is 3.67. The Bertz CT molecular complexity index is 1210. The molecule has 138 valence electrons. The Kier molecular flexibility index (Phi) is 5.31. The van der Waals surface area contributed by atoms with E-state index in [1.165, 1.54) is 12.3 Å². The minimum Gasteiger partial charge on any atom is -0.305 e. The average Bonchev–Trinajstić information content (AvgIpc) is 2.69. The van der Waals surface area contributed by atoms with Gasteiger partial charge in [0.15, 0.2) is 5.82 Å². The van der Waals surface area contributed by atoms with Gasteiger partial charge in [-0.25, -0.2) is 9.97 Å². The number of halogens is 3. The Morgan fingerprint density at radius 3 is 2.61 bits per heavy atom. The van der Waals surface area contributed by atoms with Gasteiger partial charge in [-0.3, -0.25) is 4.79 Å². The lowest BCUT2D eigenvalue weighted by Gasteiger charge is -2.11. The molecule has 4 aromatic rings. The molecule has 0 radical (unpaired) electrons. The lowest BCUT2D eigenvalue weighted by atomic mass is 10.0. The maximum Gasteiger partial charge on any atom is 0.257 e. The molecule has 28 heavy (non-hydrogen) atoms. The van der Waals surface area contributed by atoms with Gasteiger partial charge in [0.1, 0.15) is 0 Å². The molecule has 0 bridgehead atoms. The monoisotopic (exact) mass is 471 g/mol. The fourth-order valence-electron chi connectivity index (χ4n) is 2.84. The number of hydrogen-bond acceptors (Lipinski definition) is 3. The number of benzene rings is 2. The zero-order chi connectivity index (χ0) is 19.7. The van der Waals surface area contributed by atoms with E-state index in [0.717, 1.165) is 20.9 Å². The van der Waals surface area contributed by atoms with Crippen LogP contribution in [0.5, 0.6) is 0 Å². The standard InChI is InChI=1S/C21H12BrCl2N3O/c22-13-5-3-4-12(8-13)19-10-16(15-6-1-2-7-18(15)26-19)21(28)27-20-17(24)9-14(23)11-25-20/h1-11H,(H,25,27,28). The van der Waals surface area contributed by atoms with E-state index in [1.54, 1.807) is 6.07 Å². The van der Waals surface area contributed by atoms with Gasteiger partial charge in [-0.2, -0.15) is 0 Å². The van der Waals surface area contributed by atoms with Crippen molar-refractivity contribution >= 4 is 61.8 Å². The summed E-state index contributed by atoms with van der Waals surface area (Å²) in [5.74, 6) is -0.0764. The summed E-state index contributed by atoms with van der Waals surface area (Å²) in [5, 5.41) is 4.17. The minimum absolute atomic E-state index is 0.251. The summed E-state index contributed by atoms with van der Waals surface area (Å²) in [4.78, 5) is 21.8. The number of carbonyl (C=O) groups excluding carboxylic acids is 1. The number of carbonyl (C=O) groups is 1. The summed E-state index contributed by atoms with van der Waals surface area (Å²) in [7, 11) is 0. The van der Waals surface area contributed by atoms with E-state index in [2.05, 4.69) is 26.2 Å². The van der Waals surface area contributed by atoms with Gasteiger partial charge in [-0.05, 0) is 30.3 Å². The van der Waals surface area contributed by atoms with Gasteiger partial charge in [0, 0.05) is 21.6 Å². The third-order valence-corrected chi connectivity index (χ3v) is 5.11. The van der Waals surface area contributed by atoms with Crippen molar-refractivity contribution in [2.75, 3.05) is 5.32 Å². The van der Waals surface area contributed by atoms with Gasteiger partial charge in [-0.1, -0.05) is 69.5 Å². The Hall–Kier alpha value is -2.47. The van der Waals surface area contributed by atoms with Crippen molar-refractivity contribution in [3.63, 3.8) is 0 Å². The molecule has 1 amide bonds. The van der Waals surface area contributed by atoms with Gasteiger partial charge in [-0.15, -0.1) is 0 Å². The Morgan fingerprint density at radius 2 is 1.82 bits per heavy atom. The van der Waals surface area contributed by atoms with Crippen LogP contribution >= 0.6 is 39.1 Å². The summed E-state index contributed by atoms with van der Waals surface area (Å²) in [6.07, 6.45) is 1.43. The first-order chi connectivity index (χ1) is 13.5. The lowest BCUT2D eigenvalue weighted by Crippen LogP contribution is -2.14. The van der Waals surface area contributed by atoms with E-state index in [9.17, 15) is 4.79 Å². The van der Waals surface area contributed by atoms with Gasteiger partial charge < -0.3 is 5.32 Å². The van der Waals surface area contributed by atoms with Crippen molar-refractivity contribution in [3.05, 3.63) is 86.9 Å². The van der Waals surface area contributed by atoms with Crippen LogP contribution in [-0.4, -0.2) is 15.9 Å². The summed E-state index contributed by atoms with van der Waals surface area (Å²) in [6.45, 7) is 0. The Balaban J connectivity index is 1.81. The Labute approximate surface area is 179 Å². The number of anilines is 1. The fraction of sp³-hybridized carbons (Fsp3) is 0. The topological polar surface area (TPSA) is 54.9 Å². The highest BCUT2D eigenvalue weighted by Gasteiger charge is 2.16. The highest BCUT2D eigenvalue weighted by Crippen LogP contribution is 2.28. The molecule has 0 aliphatic carbocycles. The molecule has 0 spiro atoms. The van der Waals surface area contributed by atoms with Crippen molar-refractivity contribution in [1.29, 1.82) is 0 Å². The highest BCUT2D eigenvalue weighted by molar-refractivity contribution is 9.10. The molecule has 0 atom stereocenters. The van der Waals surface area contributed by atoms with Crippen molar-refractivity contribution in [3.8, 4) is 11.3 Å². The van der Waals surface area contributed by atoms with Crippen LogP contribution in [0, 0.1) is 0 Å². The van der Waals surface area contributed by atoms with Crippen LogP contribution in [0.25, 0.3) is 22.2 Å². The normalized spacial score (nSPS) is 10.8. The molecular weight excluding hydrogens is 461 g/mol. The van der Waals surface area contributed by atoms with Crippen LogP contribution in [0.2, 0.25) is 10.0 Å². The van der Waals surface area contributed by atoms with Crippen molar-refractivity contribution in [2.45, 2.75) is 0 Å². The van der Waals surface area contributed by atoms with Crippen molar-refractivity contribution in [1.82, 2.24) is 9.97 Å². The predicted octanol–water partition coefficient (Wildman–Crippen LogP) is 6.62. The van der Waals surface area contributed by atoms with Gasteiger partial charge in [0.2, 0.25) is 0 Å². The number of nitrogens with one attached hydrogen (secondary N) is 1. The van der Waals surface area contributed by atoms with Crippen LogP contribution in [0.4, 0.5) is 5.82 Å². The summed E-state index contributed by atoms with van der Waals surface area (Å²) >= 11 is 15.5. The summed E-state index contributed by atoms with van der Waals surface area (Å²) in [6, 6.07) is 18.6. The van der Waals surface area contributed by atoms with Crippen molar-refractivity contribution in [2.24, 2.45) is 0 Å². The number of para-hydroxylation sites is 1. The predicted molar refractivity (Wildman–Crippen MR) is 117 cm³/mol. The largest absolute Gasteiger partial charge is 0.305 e. The lowest BCUT2D eigenvalue weighted by molar-refractivity contribution is 0.102. The van der Waals surface area contributed by atoms with E-state index in [0.29, 0.717) is 16.3 Å². The van der Waals surface area contributed by atoms with Crippen LogP contribution in [0.3, 0.4) is 0 Å². The van der Waals surface area contributed by atoms with Crippen LogP contribution in [-0.2, 0) is 0 Å². The molecule has 0 aliphatic heterocycles. The first-order valence-corrected chi connectivity index (χ1v) is 9.84. The number of pyridine rings is 2. The number of amides is 1. The molecule has 1 N–H and O–H groups in total. The number of nitrogens with zero attached hydrogens (tertiary/aromatic N) is 2. The molecular formula is C21H12BrCl2N3O. The first-order valence-electron chi connectivity index (χ1n) is 8.29. The van der Waals surface area contributed by atoms with E-state index in [1.807, 2.05) is 48.5 Å². The third kappa shape index (κ3) is 3.87. The molecule has 2 aromatic carbocycles. The van der Waals surface area contributed by atoms with Gasteiger partial charge >= 0.3 is 0 Å². The molecule has 0 saturated heterocycles. The molecule has 4 rings (SSSR count).